The zero-order valence-electron chi connectivity index (χ0n) is 12.7. The molecule has 0 atom stereocenters. The molecule has 4 nitrogen and oxygen atoms in total. The summed E-state index contributed by atoms with van der Waals surface area (Å²) in [4.78, 5) is 6.48. The molecule has 0 saturated heterocycles. The van der Waals surface area contributed by atoms with Crippen molar-refractivity contribution in [3.8, 4) is 0 Å². The molecule has 0 fully saturated rings. The van der Waals surface area contributed by atoms with E-state index in [2.05, 4.69) is 34.9 Å². The van der Waals surface area contributed by atoms with E-state index in [4.69, 9.17) is 4.74 Å². The standard InChI is InChI=1S/C15H27N3O.HI/c1-4-5-6-11-18(3)15(16-2)17-10-7-14-8-12-19-13-9-14;/h4,8H,1,5-7,9-13H2,2-3H3,(H,16,17);1H. The molecule has 1 aliphatic rings. The van der Waals surface area contributed by atoms with Crippen LogP contribution in [-0.4, -0.2) is 51.3 Å². The Hall–Kier alpha value is -0.560. The third kappa shape index (κ3) is 7.89. The maximum Gasteiger partial charge on any atom is 0.193 e. The number of nitrogens with one attached hydrogen (secondary N) is 1. The predicted molar refractivity (Wildman–Crippen MR) is 97.0 cm³/mol. The number of halogens is 1. The Bertz CT molecular complexity index is 329. The second kappa shape index (κ2) is 12.2. The number of guanidine groups is 1. The molecule has 0 aliphatic carbocycles. The zero-order chi connectivity index (χ0) is 13.9. The molecule has 0 saturated carbocycles. The van der Waals surface area contributed by atoms with Gasteiger partial charge in [0.05, 0.1) is 13.2 Å². The van der Waals surface area contributed by atoms with Gasteiger partial charge in [0.2, 0.25) is 0 Å². The van der Waals surface area contributed by atoms with E-state index in [0.29, 0.717) is 0 Å². The first-order valence-corrected chi connectivity index (χ1v) is 7.06. The SMILES string of the molecule is C=CCCCN(C)C(=NC)NCCC1=CCOCC1.I. The number of rotatable bonds is 7. The Kier molecular flexibility index (Phi) is 11.9. The topological polar surface area (TPSA) is 36.9 Å². The van der Waals surface area contributed by atoms with Gasteiger partial charge in [-0.25, -0.2) is 0 Å². The Morgan fingerprint density at radius 2 is 2.40 bits per heavy atom. The normalized spacial score (nSPS) is 15.1. The summed E-state index contributed by atoms with van der Waals surface area (Å²) in [7, 11) is 3.91. The molecule has 0 spiro atoms. The molecule has 1 aliphatic heterocycles. The second-order valence-electron chi connectivity index (χ2n) is 4.76. The van der Waals surface area contributed by atoms with E-state index in [1.807, 2.05) is 13.1 Å². The summed E-state index contributed by atoms with van der Waals surface area (Å²) in [5, 5.41) is 3.41. The van der Waals surface area contributed by atoms with E-state index < -0.39 is 0 Å². The van der Waals surface area contributed by atoms with Crippen LogP contribution in [0.4, 0.5) is 0 Å². The van der Waals surface area contributed by atoms with E-state index in [1.165, 1.54) is 5.57 Å². The maximum atomic E-state index is 5.30. The number of nitrogens with zero attached hydrogens (tertiary/aromatic N) is 2. The number of allylic oxidation sites excluding steroid dienone is 1. The van der Waals surface area contributed by atoms with Crippen LogP contribution in [0.25, 0.3) is 0 Å². The van der Waals surface area contributed by atoms with Crippen LogP contribution >= 0.6 is 24.0 Å². The molecule has 5 heteroatoms. The molecule has 0 unspecified atom stereocenters. The number of ether oxygens (including phenoxy) is 1. The van der Waals surface area contributed by atoms with Crippen LogP contribution in [-0.2, 0) is 4.74 Å². The third-order valence-corrected chi connectivity index (χ3v) is 3.26. The summed E-state index contributed by atoms with van der Waals surface area (Å²) in [6, 6.07) is 0. The lowest BCUT2D eigenvalue weighted by Gasteiger charge is -2.22. The molecule has 1 rings (SSSR count). The lowest BCUT2D eigenvalue weighted by Crippen LogP contribution is -2.39. The molecular formula is C15H28IN3O. The maximum absolute atomic E-state index is 5.30. The lowest BCUT2D eigenvalue weighted by molar-refractivity contribution is 0.153. The van der Waals surface area contributed by atoms with Gasteiger partial charge in [-0.2, -0.15) is 0 Å². The molecule has 1 heterocycles. The van der Waals surface area contributed by atoms with Crippen molar-refractivity contribution in [3.05, 3.63) is 24.3 Å². The molecule has 0 radical (unpaired) electrons. The molecule has 0 aromatic heterocycles. The van der Waals surface area contributed by atoms with Crippen LogP contribution in [0.2, 0.25) is 0 Å². The van der Waals surface area contributed by atoms with Crippen molar-refractivity contribution in [1.82, 2.24) is 10.2 Å². The molecule has 0 bridgehead atoms. The van der Waals surface area contributed by atoms with Crippen LogP contribution in [0.3, 0.4) is 0 Å². The van der Waals surface area contributed by atoms with Gasteiger partial charge in [0.25, 0.3) is 0 Å². The minimum absolute atomic E-state index is 0. The van der Waals surface area contributed by atoms with Gasteiger partial charge in [-0.15, -0.1) is 30.6 Å². The quantitative estimate of drug-likeness (QED) is 0.238. The van der Waals surface area contributed by atoms with Crippen molar-refractivity contribution < 1.29 is 4.74 Å². The van der Waals surface area contributed by atoms with E-state index in [1.54, 1.807) is 0 Å². The highest BCUT2D eigenvalue weighted by atomic mass is 127. The van der Waals surface area contributed by atoms with Crippen LogP contribution in [0.5, 0.6) is 0 Å². The summed E-state index contributed by atoms with van der Waals surface area (Å²) in [5.41, 5.74) is 1.49. The van der Waals surface area contributed by atoms with Crippen molar-refractivity contribution in [1.29, 1.82) is 0 Å². The lowest BCUT2D eigenvalue weighted by atomic mass is 10.1. The smallest absolute Gasteiger partial charge is 0.193 e. The molecular weight excluding hydrogens is 365 g/mol. The van der Waals surface area contributed by atoms with Crippen molar-refractivity contribution in [2.75, 3.05) is 40.4 Å². The van der Waals surface area contributed by atoms with Gasteiger partial charge >= 0.3 is 0 Å². The fourth-order valence-corrected chi connectivity index (χ4v) is 2.09. The zero-order valence-corrected chi connectivity index (χ0v) is 15.1. The molecule has 0 aromatic carbocycles. The third-order valence-electron chi connectivity index (χ3n) is 3.26. The van der Waals surface area contributed by atoms with Gasteiger partial charge in [-0.1, -0.05) is 17.7 Å². The molecule has 116 valence electrons. The summed E-state index contributed by atoms with van der Waals surface area (Å²) in [5.74, 6) is 0.969. The fourth-order valence-electron chi connectivity index (χ4n) is 2.09. The molecule has 20 heavy (non-hydrogen) atoms. The summed E-state index contributed by atoms with van der Waals surface area (Å²) in [6.07, 6.45) is 8.46. The molecule has 0 amide bonds. The van der Waals surface area contributed by atoms with Gasteiger partial charge < -0.3 is 15.0 Å². The van der Waals surface area contributed by atoms with Gasteiger partial charge in [0.1, 0.15) is 0 Å². The first kappa shape index (κ1) is 19.4. The van der Waals surface area contributed by atoms with E-state index in [-0.39, 0.29) is 24.0 Å². The molecule has 0 aromatic rings. The van der Waals surface area contributed by atoms with Crippen molar-refractivity contribution in [2.45, 2.75) is 25.7 Å². The Morgan fingerprint density at radius 1 is 1.60 bits per heavy atom. The monoisotopic (exact) mass is 393 g/mol. The largest absolute Gasteiger partial charge is 0.377 e. The number of hydrogen-bond acceptors (Lipinski definition) is 2. The number of aliphatic imine (C=N–C) groups is 1. The van der Waals surface area contributed by atoms with Gasteiger partial charge in [0, 0.05) is 27.2 Å². The minimum Gasteiger partial charge on any atom is -0.377 e. The van der Waals surface area contributed by atoms with Crippen LogP contribution in [0.1, 0.15) is 25.7 Å². The van der Waals surface area contributed by atoms with E-state index in [0.717, 1.165) is 57.9 Å². The average Bonchev–Trinajstić information content (AvgIpc) is 2.45. The number of unbranched alkanes of at least 4 members (excludes halogenated alkanes) is 1. The highest BCUT2D eigenvalue weighted by molar-refractivity contribution is 14.0. The highest BCUT2D eigenvalue weighted by Gasteiger charge is 2.06. The first-order chi connectivity index (χ1) is 9.27. The summed E-state index contributed by atoms with van der Waals surface area (Å²) >= 11 is 0. The Labute approximate surface area is 140 Å². The van der Waals surface area contributed by atoms with E-state index >= 15 is 0 Å². The predicted octanol–water partition coefficient (Wildman–Crippen LogP) is 2.81. The average molecular weight is 393 g/mol. The van der Waals surface area contributed by atoms with Crippen LogP contribution in [0.15, 0.2) is 29.3 Å². The van der Waals surface area contributed by atoms with Crippen LogP contribution < -0.4 is 5.32 Å². The van der Waals surface area contributed by atoms with Gasteiger partial charge in [-0.05, 0) is 25.7 Å². The summed E-state index contributed by atoms with van der Waals surface area (Å²) < 4.78 is 5.30. The van der Waals surface area contributed by atoms with Gasteiger partial charge in [-0.3, -0.25) is 4.99 Å². The van der Waals surface area contributed by atoms with Crippen molar-refractivity contribution in [3.63, 3.8) is 0 Å². The minimum atomic E-state index is 0. The molecule has 1 N–H and O–H groups in total. The van der Waals surface area contributed by atoms with Crippen LogP contribution in [0, 0.1) is 0 Å². The summed E-state index contributed by atoms with van der Waals surface area (Å²) in [6.45, 7) is 7.31. The highest BCUT2D eigenvalue weighted by Crippen LogP contribution is 2.10. The van der Waals surface area contributed by atoms with Crippen molar-refractivity contribution >= 4 is 29.9 Å². The van der Waals surface area contributed by atoms with E-state index in [9.17, 15) is 0 Å². The van der Waals surface area contributed by atoms with Crippen molar-refractivity contribution in [2.24, 2.45) is 4.99 Å². The Morgan fingerprint density at radius 3 is 3.00 bits per heavy atom. The van der Waals surface area contributed by atoms with Gasteiger partial charge in [0.15, 0.2) is 5.96 Å². The Balaban J connectivity index is 0.00000361. The number of hydrogen-bond donors (Lipinski definition) is 1. The second-order valence-corrected chi connectivity index (χ2v) is 4.76. The fraction of sp³-hybridized carbons (Fsp3) is 0.667. The first-order valence-electron chi connectivity index (χ1n) is 7.06.